The topological polar surface area (TPSA) is 18.8 Å². The highest BCUT2D eigenvalue weighted by atomic mass is 15.2. The van der Waals surface area contributed by atoms with E-state index in [0.29, 0.717) is 5.92 Å². The van der Waals surface area contributed by atoms with Crippen molar-refractivity contribution in [3.05, 3.63) is 53.6 Å². The lowest BCUT2D eigenvalue weighted by molar-refractivity contribution is 0.395. The van der Waals surface area contributed by atoms with Crippen LogP contribution in [-0.4, -0.2) is 32.9 Å². The van der Waals surface area contributed by atoms with Crippen LogP contribution < -0.4 is 9.80 Å². The second kappa shape index (κ2) is 6.55. The lowest BCUT2D eigenvalue weighted by Gasteiger charge is -2.45. The van der Waals surface area contributed by atoms with Gasteiger partial charge in [-0.3, -0.25) is 4.99 Å². The molecule has 0 aliphatic carbocycles. The summed E-state index contributed by atoms with van der Waals surface area (Å²) >= 11 is 0. The molecule has 3 heteroatoms. The molecule has 1 unspecified atom stereocenters. The van der Waals surface area contributed by atoms with Crippen molar-refractivity contribution >= 4 is 23.3 Å². The number of benzene rings is 2. The Morgan fingerprint density at radius 1 is 1.12 bits per heavy atom. The number of anilines is 2. The molecule has 0 radical (unpaired) electrons. The van der Waals surface area contributed by atoms with Crippen molar-refractivity contribution in [1.29, 1.82) is 0 Å². The van der Waals surface area contributed by atoms with Gasteiger partial charge in [0.05, 0.1) is 5.69 Å². The molecule has 0 aromatic heterocycles. The SMILES string of the molecule is CC1CC(C)(C)N(C)c2ccc(C=Nc3ccc(N(C)C)cc3)cc21. The van der Waals surface area contributed by atoms with Gasteiger partial charge in [-0.15, -0.1) is 0 Å². The third kappa shape index (κ3) is 3.55. The maximum atomic E-state index is 4.64. The highest BCUT2D eigenvalue weighted by molar-refractivity contribution is 5.84. The van der Waals surface area contributed by atoms with Crippen molar-refractivity contribution < 1.29 is 0 Å². The molecule has 0 bridgehead atoms. The van der Waals surface area contributed by atoms with Crippen molar-refractivity contribution in [2.75, 3.05) is 30.9 Å². The molecule has 0 amide bonds. The number of nitrogens with zero attached hydrogens (tertiary/aromatic N) is 3. The average molecular weight is 335 g/mol. The van der Waals surface area contributed by atoms with E-state index in [1.807, 2.05) is 20.3 Å². The Morgan fingerprint density at radius 2 is 1.80 bits per heavy atom. The van der Waals surface area contributed by atoms with Crippen LogP contribution in [0, 0.1) is 0 Å². The fourth-order valence-electron chi connectivity index (χ4n) is 3.66. The van der Waals surface area contributed by atoms with Gasteiger partial charge >= 0.3 is 0 Å². The molecule has 1 aliphatic heterocycles. The maximum absolute atomic E-state index is 4.64. The first-order valence-electron chi connectivity index (χ1n) is 8.97. The lowest BCUT2D eigenvalue weighted by atomic mass is 9.80. The second-order valence-electron chi connectivity index (χ2n) is 7.96. The van der Waals surface area contributed by atoms with Gasteiger partial charge in [-0.05, 0) is 73.7 Å². The number of hydrogen-bond acceptors (Lipinski definition) is 3. The molecule has 132 valence electrons. The van der Waals surface area contributed by atoms with E-state index in [9.17, 15) is 0 Å². The second-order valence-corrected chi connectivity index (χ2v) is 7.96. The first-order valence-corrected chi connectivity index (χ1v) is 8.97. The van der Waals surface area contributed by atoms with Crippen molar-refractivity contribution in [1.82, 2.24) is 0 Å². The minimum Gasteiger partial charge on any atom is -0.378 e. The highest BCUT2D eigenvalue weighted by Crippen LogP contribution is 2.42. The summed E-state index contributed by atoms with van der Waals surface area (Å²) in [4.78, 5) is 9.14. The molecule has 3 rings (SSSR count). The number of fused-ring (bicyclic) bond motifs is 1. The van der Waals surface area contributed by atoms with Crippen LogP contribution in [-0.2, 0) is 0 Å². The predicted octanol–water partition coefficient (Wildman–Crippen LogP) is 5.23. The molecule has 0 fully saturated rings. The average Bonchev–Trinajstić information content (AvgIpc) is 2.58. The fourth-order valence-corrected chi connectivity index (χ4v) is 3.66. The van der Waals surface area contributed by atoms with Gasteiger partial charge in [0, 0.05) is 44.3 Å². The highest BCUT2D eigenvalue weighted by Gasteiger charge is 2.33. The summed E-state index contributed by atoms with van der Waals surface area (Å²) < 4.78 is 0. The maximum Gasteiger partial charge on any atom is 0.0631 e. The summed E-state index contributed by atoms with van der Waals surface area (Å²) in [6.45, 7) is 6.97. The number of aliphatic imine (C=N–C) groups is 1. The van der Waals surface area contributed by atoms with E-state index in [1.165, 1.54) is 23.4 Å². The fraction of sp³-hybridized carbons (Fsp3) is 0.409. The molecular formula is C22H29N3. The third-order valence-electron chi connectivity index (χ3n) is 5.39. The van der Waals surface area contributed by atoms with Crippen molar-refractivity contribution in [2.24, 2.45) is 4.99 Å². The van der Waals surface area contributed by atoms with Crippen molar-refractivity contribution in [3.8, 4) is 0 Å². The van der Waals surface area contributed by atoms with Crippen LogP contribution in [0.3, 0.4) is 0 Å². The summed E-state index contributed by atoms with van der Waals surface area (Å²) in [6, 6.07) is 15.0. The van der Waals surface area contributed by atoms with Crippen LogP contribution in [0.1, 0.15) is 44.2 Å². The van der Waals surface area contributed by atoms with Gasteiger partial charge in [-0.1, -0.05) is 13.0 Å². The zero-order valence-corrected chi connectivity index (χ0v) is 16.2. The van der Waals surface area contributed by atoms with Crippen LogP contribution in [0.15, 0.2) is 47.5 Å². The summed E-state index contributed by atoms with van der Waals surface area (Å²) in [5.74, 6) is 0.564. The Morgan fingerprint density at radius 3 is 2.44 bits per heavy atom. The smallest absolute Gasteiger partial charge is 0.0631 e. The van der Waals surface area contributed by atoms with Gasteiger partial charge < -0.3 is 9.80 Å². The zero-order chi connectivity index (χ0) is 18.2. The molecule has 1 aliphatic rings. The van der Waals surface area contributed by atoms with Crippen LogP contribution in [0.4, 0.5) is 17.1 Å². The lowest BCUT2D eigenvalue weighted by Crippen LogP contribution is -2.45. The quantitative estimate of drug-likeness (QED) is 0.716. The molecule has 0 saturated carbocycles. The Balaban J connectivity index is 1.84. The molecule has 3 nitrogen and oxygen atoms in total. The first kappa shape index (κ1) is 17.5. The molecule has 1 atom stereocenters. The van der Waals surface area contributed by atoms with Crippen LogP contribution in [0.5, 0.6) is 0 Å². The largest absolute Gasteiger partial charge is 0.378 e. The summed E-state index contributed by atoms with van der Waals surface area (Å²) in [5, 5.41) is 0. The van der Waals surface area contributed by atoms with Gasteiger partial charge in [0.2, 0.25) is 0 Å². The van der Waals surface area contributed by atoms with Gasteiger partial charge in [0.15, 0.2) is 0 Å². The van der Waals surface area contributed by atoms with E-state index in [1.54, 1.807) is 0 Å². The van der Waals surface area contributed by atoms with Gasteiger partial charge in [0.25, 0.3) is 0 Å². The van der Waals surface area contributed by atoms with E-state index in [0.717, 1.165) is 11.3 Å². The Kier molecular flexibility index (Phi) is 4.59. The molecule has 0 N–H and O–H groups in total. The Labute approximate surface area is 152 Å². The Hall–Kier alpha value is -2.29. The van der Waals surface area contributed by atoms with Gasteiger partial charge in [-0.2, -0.15) is 0 Å². The van der Waals surface area contributed by atoms with Gasteiger partial charge in [0.1, 0.15) is 0 Å². The van der Waals surface area contributed by atoms with E-state index in [-0.39, 0.29) is 5.54 Å². The van der Waals surface area contributed by atoms with E-state index >= 15 is 0 Å². The van der Waals surface area contributed by atoms with E-state index in [4.69, 9.17) is 0 Å². The first-order chi connectivity index (χ1) is 11.8. The molecule has 2 aromatic carbocycles. The summed E-state index contributed by atoms with van der Waals surface area (Å²) in [5.41, 5.74) is 6.30. The van der Waals surface area contributed by atoms with Gasteiger partial charge in [-0.25, -0.2) is 0 Å². The van der Waals surface area contributed by atoms with Crippen LogP contribution in [0.25, 0.3) is 0 Å². The molecular weight excluding hydrogens is 306 g/mol. The van der Waals surface area contributed by atoms with E-state index < -0.39 is 0 Å². The predicted molar refractivity (Wildman–Crippen MR) is 110 cm³/mol. The number of hydrogen-bond donors (Lipinski definition) is 0. The Bertz CT molecular complexity index is 772. The molecule has 0 saturated heterocycles. The van der Waals surface area contributed by atoms with Crippen molar-refractivity contribution in [2.45, 2.75) is 38.6 Å². The number of rotatable bonds is 3. The van der Waals surface area contributed by atoms with Crippen LogP contribution in [0.2, 0.25) is 0 Å². The summed E-state index contributed by atoms with van der Waals surface area (Å²) in [6.07, 6.45) is 3.14. The monoisotopic (exact) mass is 335 g/mol. The molecule has 2 aromatic rings. The third-order valence-corrected chi connectivity index (χ3v) is 5.39. The molecule has 25 heavy (non-hydrogen) atoms. The van der Waals surface area contributed by atoms with E-state index in [2.05, 4.69) is 85.1 Å². The minimum absolute atomic E-state index is 0.205. The summed E-state index contributed by atoms with van der Waals surface area (Å²) in [7, 11) is 6.29. The normalized spacial score (nSPS) is 19.1. The van der Waals surface area contributed by atoms with Crippen LogP contribution >= 0.6 is 0 Å². The molecule has 1 heterocycles. The molecule has 0 spiro atoms. The standard InChI is InChI=1S/C22H29N3/c1-16-14-22(2,3)25(6)21-12-7-17(13-20(16)21)15-23-18-8-10-19(11-9-18)24(4)5/h7-13,15-16H,14H2,1-6H3. The van der Waals surface area contributed by atoms with Crippen molar-refractivity contribution in [3.63, 3.8) is 0 Å². The minimum atomic E-state index is 0.205. The zero-order valence-electron chi connectivity index (χ0n) is 16.2.